The Balaban J connectivity index is 2.18. The molecule has 0 radical (unpaired) electrons. The SMILES string of the molecule is COc1cc(C)ccc1OCC(=O)NC(CC(=O)OC(C)C)c1ccccc1[N+](=O)[O-]. The van der Waals surface area contributed by atoms with Crippen molar-refractivity contribution < 1.29 is 28.7 Å². The van der Waals surface area contributed by atoms with Crippen LogP contribution in [0.3, 0.4) is 0 Å². The smallest absolute Gasteiger partial charge is 0.308 e. The summed E-state index contributed by atoms with van der Waals surface area (Å²) in [6.07, 6.45) is -0.616. The van der Waals surface area contributed by atoms with Crippen molar-refractivity contribution in [3.05, 3.63) is 63.7 Å². The molecule has 0 heterocycles. The van der Waals surface area contributed by atoms with Crippen molar-refractivity contribution in [1.29, 1.82) is 0 Å². The van der Waals surface area contributed by atoms with Crippen molar-refractivity contribution >= 4 is 17.6 Å². The van der Waals surface area contributed by atoms with E-state index < -0.39 is 22.8 Å². The van der Waals surface area contributed by atoms with Gasteiger partial charge in [0.1, 0.15) is 0 Å². The third-order valence-electron chi connectivity index (χ3n) is 4.26. The van der Waals surface area contributed by atoms with E-state index in [2.05, 4.69) is 5.32 Å². The number of esters is 1. The molecule has 1 atom stereocenters. The van der Waals surface area contributed by atoms with Gasteiger partial charge in [-0.2, -0.15) is 0 Å². The van der Waals surface area contributed by atoms with Gasteiger partial charge in [-0.1, -0.05) is 24.3 Å². The van der Waals surface area contributed by atoms with Gasteiger partial charge >= 0.3 is 5.97 Å². The number of methoxy groups -OCH3 is 1. The van der Waals surface area contributed by atoms with Crippen molar-refractivity contribution in [2.45, 2.75) is 39.3 Å². The summed E-state index contributed by atoms with van der Waals surface area (Å²) in [5.74, 6) is -0.282. The second-order valence-electron chi connectivity index (χ2n) is 7.12. The van der Waals surface area contributed by atoms with Crippen LogP contribution in [0, 0.1) is 17.0 Å². The van der Waals surface area contributed by atoms with Crippen molar-refractivity contribution in [2.75, 3.05) is 13.7 Å². The number of amides is 1. The third-order valence-corrected chi connectivity index (χ3v) is 4.26. The molecule has 0 spiro atoms. The van der Waals surface area contributed by atoms with Gasteiger partial charge in [0, 0.05) is 6.07 Å². The van der Waals surface area contributed by atoms with Crippen molar-refractivity contribution in [3.63, 3.8) is 0 Å². The van der Waals surface area contributed by atoms with E-state index in [-0.39, 0.29) is 30.4 Å². The van der Waals surface area contributed by atoms with Crippen LogP contribution in [0.4, 0.5) is 5.69 Å². The zero-order valence-electron chi connectivity index (χ0n) is 17.9. The summed E-state index contributed by atoms with van der Waals surface area (Å²) >= 11 is 0. The minimum absolute atomic E-state index is 0.203. The second-order valence-corrected chi connectivity index (χ2v) is 7.12. The van der Waals surface area contributed by atoms with Gasteiger partial charge in [-0.05, 0) is 38.5 Å². The number of nitro benzene ring substituents is 1. The molecule has 0 saturated carbocycles. The predicted octanol–water partition coefficient (Wildman–Crippen LogP) is 3.49. The van der Waals surface area contributed by atoms with Crippen molar-refractivity contribution in [2.24, 2.45) is 0 Å². The van der Waals surface area contributed by atoms with Crippen molar-refractivity contribution in [3.8, 4) is 11.5 Å². The first-order valence-corrected chi connectivity index (χ1v) is 9.70. The molecule has 166 valence electrons. The largest absolute Gasteiger partial charge is 0.493 e. The van der Waals surface area contributed by atoms with Crippen LogP contribution >= 0.6 is 0 Å². The minimum atomic E-state index is -0.955. The Hall–Kier alpha value is -3.62. The summed E-state index contributed by atoms with van der Waals surface area (Å²) in [6, 6.07) is 10.2. The maximum absolute atomic E-state index is 12.6. The van der Waals surface area contributed by atoms with Crippen LogP contribution in [0.25, 0.3) is 0 Å². The molecule has 0 aliphatic heterocycles. The summed E-state index contributed by atoms with van der Waals surface area (Å²) in [6.45, 7) is 4.92. The van der Waals surface area contributed by atoms with Crippen LogP contribution in [-0.2, 0) is 14.3 Å². The molecule has 0 bridgehead atoms. The molecule has 2 aromatic rings. The van der Waals surface area contributed by atoms with E-state index in [1.165, 1.54) is 25.3 Å². The summed E-state index contributed by atoms with van der Waals surface area (Å²) in [5.41, 5.74) is 0.967. The number of ether oxygens (including phenoxy) is 3. The van der Waals surface area contributed by atoms with Gasteiger partial charge in [-0.3, -0.25) is 19.7 Å². The van der Waals surface area contributed by atoms with Gasteiger partial charge in [0.15, 0.2) is 18.1 Å². The van der Waals surface area contributed by atoms with Crippen LogP contribution in [0.2, 0.25) is 0 Å². The Bertz CT molecular complexity index is 943. The number of carbonyl (C=O) groups excluding carboxylic acids is 2. The predicted molar refractivity (Wildman–Crippen MR) is 113 cm³/mol. The summed E-state index contributed by atoms with van der Waals surface area (Å²) < 4.78 is 15.9. The molecule has 9 heteroatoms. The lowest BCUT2D eigenvalue weighted by atomic mass is 10.0. The average Bonchev–Trinajstić information content (AvgIpc) is 2.71. The van der Waals surface area contributed by atoms with E-state index in [4.69, 9.17) is 14.2 Å². The molecule has 1 unspecified atom stereocenters. The molecule has 0 fully saturated rings. The fourth-order valence-electron chi connectivity index (χ4n) is 2.94. The van der Waals surface area contributed by atoms with E-state index in [0.717, 1.165) is 5.56 Å². The van der Waals surface area contributed by atoms with E-state index in [1.807, 2.05) is 13.0 Å². The first kappa shape index (κ1) is 23.7. The number of carbonyl (C=O) groups is 2. The van der Waals surface area contributed by atoms with Crippen LogP contribution < -0.4 is 14.8 Å². The Morgan fingerprint density at radius 1 is 1.13 bits per heavy atom. The average molecular weight is 430 g/mol. The zero-order valence-corrected chi connectivity index (χ0v) is 17.9. The Labute approximate surface area is 180 Å². The molecule has 1 N–H and O–H groups in total. The number of nitro groups is 1. The lowest BCUT2D eigenvalue weighted by Crippen LogP contribution is -2.34. The fraction of sp³-hybridized carbons (Fsp3) is 0.364. The van der Waals surface area contributed by atoms with E-state index in [0.29, 0.717) is 11.5 Å². The van der Waals surface area contributed by atoms with E-state index in [9.17, 15) is 19.7 Å². The highest BCUT2D eigenvalue weighted by Crippen LogP contribution is 2.29. The third kappa shape index (κ3) is 6.98. The van der Waals surface area contributed by atoms with Crippen LogP contribution in [0.1, 0.15) is 37.4 Å². The molecular weight excluding hydrogens is 404 g/mol. The highest BCUT2D eigenvalue weighted by Gasteiger charge is 2.26. The quantitative estimate of drug-likeness (QED) is 0.348. The Kier molecular flexibility index (Phi) is 8.36. The second kappa shape index (κ2) is 11.0. The molecule has 2 aromatic carbocycles. The topological polar surface area (TPSA) is 117 Å². The zero-order chi connectivity index (χ0) is 23.0. The number of nitrogens with zero attached hydrogens (tertiary/aromatic N) is 1. The summed E-state index contributed by atoms with van der Waals surface area (Å²) in [5, 5.41) is 14.1. The number of nitrogens with one attached hydrogen (secondary N) is 1. The number of rotatable bonds is 10. The Morgan fingerprint density at radius 3 is 2.48 bits per heavy atom. The summed E-state index contributed by atoms with van der Waals surface area (Å²) in [7, 11) is 1.49. The van der Waals surface area contributed by atoms with Gasteiger partial charge in [0.2, 0.25) is 0 Å². The molecule has 9 nitrogen and oxygen atoms in total. The monoisotopic (exact) mass is 430 g/mol. The molecule has 0 aliphatic carbocycles. The van der Waals surface area contributed by atoms with Crippen molar-refractivity contribution in [1.82, 2.24) is 5.32 Å². The number of aryl methyl sites for hydroxylation is 1. The van der Waals surface area contributed by atoms with Crippen LogP contribution in [-0.4, -0.2) is 36.6 Å². The molecular formula is C22H26N2O7. The first-order chi connectivity index (χ1) is 14.7. The lowest BCUT2D eigenvalue weighted by molar-refractivity contribution is -0.385. The Morgan fingerprint density at radius 2 is 1.84 bits per heavy atom. The van der Waals surface area contributed by atoms with Gasteiger partial charge < -0.3 is 19.5 Å². The molecule has 1 amide bonds. The maximum Gasteiger partial charge on any atom is 0.308 e. The van der Waals surface area contributed by atoms with Crippen LogP contribution in [0.15, 0.2) is 42.5 Å². The van der Waals surface area contributed by atoms with E-state index in [1.54, 1.807) is 32.0 Å². The maximum atomic E-state index is 12.6. The van der Waals surface area contributed by atoms with Gasteiger partial charge in [-0.25, -0.2) is 0 Å². The standard InChI is InChI=1S/C22H26N2O7/c1-14(2)31-22(26)12-17(16-7-5-6-8-18(16)24(27)28)23-21(25)13-30-19-10-9-15(3)11-20(19)29-4/h5-11,14,17H,12-13H2,1-4H3,(H,23,25). The lowest BCUT2D eigenvalue weighted by Gasteiger charge is -2.20. The molecule has 0 aromatic heterocycles. The molecule has 0 aliphatic rings. The fourth-order valence-corrected chi connectivity index (χ4v) is 2.94. The van der Waals surface area contributed by atoms with Crippen LogP contribution in [0.5, 0.6) is 11.5 Å². The van der Waals surface area contributed by atoms with Gasteiger partial charge in [0.05, 0.1) is 36.2 Å². The molecule has 0 saturated heterocycles. The highest BCUT2D eigenvalue weighted by molar-refractivity contribution is 5.80. The molecule has 31 heavy (non-hydrogen) atoms. The summed E-state index contributed by atoms with van der Waals surface area (Å²) in [4.78, 5) is 35.6. The number of hydrogen-bond acceptors (Lipinski definition) is 7. The number of hydrogen-bond donors (Lipinski definition) is 1. The highest BCUT2D eigenvalue weighted by atomic mass is 16.6. The minimum Gasteiger partial charge on any atom is -0.493 e. The van der Waals surface area contributed by atoms with Gasteiger partial charge in [0.25, 0.3) is 11.6 Å². The molecule has 2 rings (SSSR count). The van der Waals surface area contributed by atoms with E-state index >= 15 is 0 Å². The first-order valence-electron chi connectivity index (χ1n) is 9.70. The van der Waals surface area contributed by atoms with Gasteiger partial charge in [-0.15, -0.1) is 0 Å². The number of benzene rings is 2. The normalized spacial score (nSPS) is 11.5. The number of para-hydroxylation sites is 1.